The molecule has 0 aliphatic carbocycles. The first kappa shape index (κ1) is 19.9. The smallest absolute Gasteiger partial charge is 0.416 e. The standard InChI is InChI=1S/C17H17F3N2O3S/c1-9-13(16(24)25-10(2)15(23)22(3)4)26-14(21-9)11-5-7-12(8-6-11)17(18,19)20/h5-8,10H,1-4H3. The Bertz CT molecular complexity index is 814. The van der Waals surface area contributed by atoms with Crippen LogP contribution in [0.4, 0.5) is 13.2 Å². The lowest BCUT2D eigenvalue weighted by Gasteiger charge is -2.16. The van der Waals surface area contributed by atoms with Crippen molar-refractivity contribution in [3.05, 3.63) is 40.4 Å². The molecule has 0 bridgehead atoms. The van der Waals surface area contributed by atoms with Crippen molar-refractivity contribution in [2.45, 2.75) is 26.1 Å². The van der Waals surface area contributed by atoms with Crippen molar-refractivity contribution in [3.8, 4) is 10.6 Å². The predicted molar refractivity (Wildman–Crippen MR) is 90.9 cm³/mol. The number of thiazole rings is 1. The molecule has 1 unspecified atom stereocenters. The Morgan fingerprint density at radius 1 is 1.19 bits per heavy atom. The SMILES string of the molecule is Cc1nc(-c2ccc(C(F)(F)F)cc2)sc1C(=O)OC(C)C(=O)N(C)C. The van der Waals surface area contributed by atoms with E-state index in [0.717, 1.165) is 23.5 Å². The Morgan fingerprint density at radius 2 is 1.77 bits per heavy atom. The van der Waals surface area contributed by atoms with Crippen LogP contribution in [0.25, 0.3) is 10.6 Å². The molecule has 140 valence electrons. The minimum absolute atomic E-state index is 0.207. The fourth-order valence-electron chi connectivity index (χ4n) is 2.14. The second-order valence-electron chi connectivity index (χ2n) is 5.79. The third-order valence-corrected chi connectivity index (χ3v) is 4.70. The highest BCUT2D eigenvalue weighted by molar-refractivity contribution is 7.17. The molecular formula is C17H17F3N2O3S. The lowest BCUT2D eigenvalue weighted by atomic mass is 10.1. The van der Waals surface area contributed by atoms with Gasteiger partial charge in [0.25, 0.3) is 5.91 Å². The van der Waals surface area contributed by atoms with E-state index in [0.29, 0.717) is 16.3 Å². The minimum atomic E-state index is -4.42. The first-order chi connectivity index (χ1) is 12.0. The van der Waals surface area contributed by atoms with Gasteiger partial charge in [-0.3, -0.25) is 4.79 Å². The Morgan fingerprint density at radius 3 is 2.27 bits per heavy atom. The topological polar surface area (TPSA) is 59.5 Å². The number of alkyl halides is 3. The molecule has 0 fully saturated rings. The average Bonchev–Trinajstić information content (AvgIpc) is 2.95. The van der Waals surface area contributed by atoms with Crippen LogP contribution < -0.4 is 0 Å². The van der Waals surface area contributed by atoms with Gasteiger partial charge in [0.15, 0.2) is 6.10 Å². The van der Waals surface area contributed by atoms with Gasteiger partial charge in [-0.25, -0.2) is 9.78 Å². The number of benzene rings is 1. The molecule has 2 aromatic rings. The van der Waals surface area contributed by atoms with Crippen LogP contribution in [0.15, 0.2) is 24.3 Å². The number of nitrogens with zero attached hydrogens (tertiary/aromatic N) is 2. The summed E-state index contributed by atoms with van der Waals surface area (Å²) in [5, 5.41) is 0.398. The van der Waals surface area contributed by atoms with Crippen LogP contribution in [-0.2, 0) is 15.7 Å². The highest BCUT2D eigenvalue weighted by atomic mass is 32.1. The molecule has 0 aliphatic heterocycles. The molecule has 1 amide bonds. The quantitative estimate of drug-likeness (QED) is 0.751. The molecule has 0 saturated heterocycles. The average molecular weight is 386 g/mol. The highest BCUT2D eigenvalue weighted by Gasteiger charge is 2.30. The number of rotatable bonds is 4. The fraction of sp³-hybridized carbons (Fsp3) is 0.353. The second kappa shape index (κ2) is 7.45. The molecule has 1 aromatic carbocycles. The first-order valence-electron chi connectivity index (χ1n) is 7.58. The van der Waals surface area contributed by atoms with E-state index in [1.54, 1.807) is 21.0 Å². The van der Waals surface area contributed by atoms with Gasteiger partial charge in [-0.15, -0.1) is 11.3 Å². The molecule has 1 heterocycles. The van der Waals surface area contributed by atoms with Crippen LogP contribution in [0, 0.1) is 6.92 Å². The summed E-state index contributed by atoms with van der Waals surface area (Å²) in [6.07, 6.45) is -5.37. The normalized spacial score (nSPS) is 12.6. The van der Waals surface area contributed by atoms with Crippen LogP contribution in [0.1, 0.15) is 27.9 Å². The van der Waals surface area contributed by atoms with E-state index in [1.165, 1.54) is 24.0 Å². The predicted octanol–water partition coefficient (Wildman–Crippen LogP) is 3.77. The van der Waals surface area contributed by atoms with Crippen molar-refractivity contribution in [2.24, 2.45) is 0 Å². The van der Waals surface area contributed by atoms with E-state index in [-0.39, 0.29) is 10.8 Å². The van der Waals surface area contributed by atoms with E-state index >= 15 is 0 Å². The van der Waals surface area contributed by atoms with Crippen molar-refractivity contribution in [1.29, 1.82) is 0 Å². The molecule has 0 aliphatic rings. The van der Waals surface area contributed by atoms with Gasteiger partial charge in [0.05, 0.1) is 11.3 Å². The van der Waals surface area contributed by atoms with E-state index in [9.17, 15) is 22.8 Å². The number of hydrogen-bond acceptors (Lipinski definition) is 5. The van der Waals surface area contributed by atoms with Crippen molar-refractivity contribution in [3.63, 3.8) is 0 Å². The monoisotopic (exact) mass is 386 g/mol. The molecule has 5 nitrogen and oxygen atoms in total. The molecule has 0 saturated carbocycles. The highest BCUT2D eigenvalue weighted by Crippen LogP contribution is 2.33. The molecule has 0 radical (unpaired) electrons. The molecule has 26 heavy (non-hydrogen) atoms. The third kappa shape index (κ3) is 4.40. The maximum Gasteiger partial charge on any atom is 0.416 e. The second-order valence-corrected chi connectivity index (χ2v) is 6.79. The summed E-state index contributed by atoms with van der Waals surface area (Å²) in [5.74, 6) is -1.05. The number of esters is 1. The Labute approximate surface area is 152 Å². The summed E-state index contributed by atoms with van der Waals surface area (Å²) in [4.78, 5) is 29.8. The van der Waals surface area contributed by atoms with Crippen molar-refractivity contribution < 1.29 is 27.5 Å². The van der Waals surface area contributed by atoms with Gasteiger partial charge < -0.3 is 9.64 Å². The summed E-state index contributed by atoms with van der Waals surface area (Å²) in [7, 11) is 3.10. The number of aromatic nitrogens is 1. The molecule has 0 spiro atoms. The number of aryl methyl sites for hydroxylation is 1. The number of likely N-dealkylation sites (N-methyl/N-ethyl adjacent to an activating group) is 1. The fourth-order valence-corrected chi connectivity index (χ4v) is 3.09. The Kier molecular flexibility index (Phi) is 5.70. The largest absolute Gasteiger partial charge is 0.448 e. The van der Waals surface area contributed by atoms with Gasteiger partial charge in [-0.1, -0.05) is 12.1 Å². The van der Waals surface area contributed by atoms with Gasteiger partial charge in [-0.2, -0.15) is 13.2 Å². The van der Waals surface area contributed by atoms with Crippen molar-refractivity contribution in [1.82, 2.24) is 9.88 Å². The summed E-state index contributed by atoms with van der Waals surface area (Å²) >= 11 is 1.00. The van der Waals surface area contributed by atoms with E-state index in [4.69, 9.17) is 4.74 Å². The zero-order valence-electron chi connectivity index (χ0n) is 14.5. The molecule has 2 rings (SSSR count). The molecule has 1 atom stereocenters. The first-order valence-corrected chi connectivity index (χ1v) is 8.39. The van der Waals surface area contributed by atoms with Crippen molar-refractivity contribution in [2.75, 3.05) is 14.1 Å². The molecule has 9 heteroatoms. The molecule has 0 N–H and O–H groups in total. The summed E-state index contributed by atoms with van der Waals surface area (Å²) in [6, 6.07) is 4.52. The third-order valence-electron chi connectivity index (χ3n) is 3.51. The van der Waals surface area contributed by atoms with Crippen LogP contribution >= 0.6 is 11.3 Å². The van der Waals surface area contributed by atoms with Crippen LogP contribution in [0.2, 0.25) is 0 Å². The van der Waals surface area contributed by atoms with E-state index < -0.39 is 23.8 Å². The van der Waals surface area contributed by atoms with E-state index in [1.807, 2.05) is 0 Å². The maximum atomic E-state index is 12.6. The van der Waals surface area contributed by atoms with Crippen LogP contribution in [0.3, 0.4) is 0 Å². The number of hydrogen-bond donors (Lipinski definition) is 0. The molecule has 1 aromatic heterocycles. The number of ether oxygens (including phenoxy) is 1. The van der Waals surface area contributed by atoms with Crippen LogP contribution in [-0.4, -0.2) is 42.0 Å². The van der Waals surface area contributed by atoms with Gasteiger partial charge in [0.1, 0.15) is 9.88 Å². The van der Waals surface area contributed by atoms with Gasteiger partial charge in [0.2, 0.25) is 0 Å². The minimum Gasteiger partial charge on any atom is -0.448 e. The lowest BCUT2D eigenvalue weighted by molar-refractivity contribution is -0.138. The molecular weight excluding hydrogens is 369 g/mol. The zero-order valence-corrected chi connectivity index (χ0v) is 15.4. The van der Waals surface area contributed by atoms with Gasteiger partial charge in [0, 0.05) is 19.7 Å². The zero-order chi connectivity index (χ0) is 19.6. The van der Waals surface area contributed by atoms with Gasteiger partial charge in [-0.05, 0) is 26.0 Å². The summed E-state index contributed by atoms with van der Waals surface area (Å²) < 4.78 is 43.0. The van der Waals surface area contributed by atoms with E-state index in [2.05, 4.69) is 4.98 Å². The lowest BCUT2D eigenvalue weighted by Crippen LogP contribution is -2.34. The summed E-state index contributed by atoms with van der Waals surface area (Å²) in [6.45, 7) is 3.06. The van der Waals surface area contributed by atoms with Gasteiger partial charge >= 0.3 is 12.1 Å². The van der Waals surface area contributed by atoms with Crippen molar-refractivity contribution >= 4 is 23.2 Å². The number of carbonyl (C=O) groups excluding carboxylic acids is 2. The number of halogens is 3. The number of carbonyl (C=O) groups is 2. The van der Waals surface area contributed by atoms with Crippen LogP contribution in [0.5, 0.6) is 0 Å². The summed E-state index contributed by atoms with van der Waals surface area (Å²) in [5.41, 5.74) is 0.0900. The maximum absolute atomic E-state index is 12.6. The number of amides is 1. The Hall–Kier alpha value is -2.42. The Balaban J connectivity index is 2.21.